The largest absolute Gasteiger partial charge is 0.494 e. The maximum absolute atomic E-state index is 12.9. The Hall–Kier alpha value is -4.10. The summed E-state index contributed by atoms with van der Waals surface area (Å²) in [6, 6.07) is 25.1. The van der Waals surface area contributed by atoms with Gasteiger partial charge in [-0.3, -0.25) is 0 Å². The number of rotatable bonds is 19. The zero-order valence-electron chi connectivity index (χ0n) is 25.8. The van der Waals surface area contributed by atoms with E-state index in [0.29, 0.717) is 75.9 Å². The second-order valence-electron chi connectivity index (χ2n) is 9.68. The molecule has 4 aromatic rings. The van der Waals surface area contributed by atoms with Crippen molar-refractivity contribution in [2.24, 2.45) is 0 Å². The number of hydrogen-bond acceptors (Lipinski definition) is 10. The van der Waals surface area contributed by atoms with Crippen LogP contribution >= 0.6 is 0 Å². The zero-order valence-corrected chi connectivity index (χ0v) is 27.4. The quantitative estimate of drug-likeness (QED) is 0.116. The van der Waals surface area contributed by atoms with E-state index in [-0.39, 0.29) is 19.6 Å². The van der Waals surface area contributed by atoms with Crippen molar-refractivity contribution < 1.29 is 45.3 Å². The summed E-state index contributed by atoms with van der Waals surface area (Å²) in [6.07, 6.45) is 0. The van der Waals surface area contributed by atoms with Crippen LogP contribution in [-0.4, -0.2) is 69.7 Å². The minimum Gasteiger partial charge on any atom is -0.494 e. The molecule has 0 atom stereocenters. The van der Waals surface area contributed by atoms with E-state index in [1.807, 2.05) is 13.8 Å². The van der Waals surface area contributed by atoms with Crippen LogP contribution in [0.1, 0.15) is 13.8 Å². The van der Waals surface area contributed by atoms with Crippen molar-refractivity contribution in [3.63, 3.8) is 0 Å². The fourth-order valence-corrected chi connectivity index (χ4v) is 6.75. The van der Waals surface area contributed by atoms with E-state index >= 15 is 0 Å². The molecular weight excluding hydrogens is 632 g/mol. The predicted octanol–water partition coefficient (Wildman–Crippen LogP) is 5.64. The molecule has 0 aliphatic heterocycles. The van der Waals surface area contributed by atoms with Crippen LogP contribution in [0, 0.1) is 0 Å². The van der Waals surface area contributed by atoms with Crippen LogP contribution in [-0.2, 0) is 29.1 Å². The van der Waals surface area contributed by atoms with Crippen molar-refractivity contribution in [3.05, 3.63) is 97.1 Å². The van der Waals surface area contributed by atoms with Crippen LogP contribution < -0.4 is 18.9 Å². The molecule has 0 amide bonds. The number of benzene rings is 4. The first-order chi connectivity index (χ1) is 22.2. The van der Waals surface area contributed by atoms with Gasteiger partial charge in [0.25, 0.3) is 0 Å². The number of ether oxygens (including phenoxy) is 6. The van der Waals surface area contributed by atoms with Gasteiger partial charge in [0.15, 0.2) is 0 Å². The van der Waals surface area contributed by atoms with Gasteiger partial charge in [-0.25, -0.2) is 16.8 Å². The van der Waals surface area contributed by atoms with Gasteiger partial charge in [-0.05, 0) is 111 Å². The lowest BCUT2D eigenvalue weighted by Gasteiger charge is -2.10. The van der Waals surface area contributed by atoms with Gasteiger partial charge in [-0.15, -0.1) is 0 Å². The Labute approximate surface area is 270 Å². The predicted molar refractivity (Wildman–Crippen MR) is 172 cm³/mol. The molecule has 246 valence electrons. The highest BCUT2D eigenvalue weighted by atomic mass is 32.2. The Kier molecular flexibility index (Phi) is 12.8. The van der Waals surface area contributed by atoms with Crippen LogP contribution in [0.3, 0.4) is 0 Å². The van der Waals surface area contributed by atoms with Crippen LogP contribution in [0.2, 0.25) is 0 Å². The normalized spacial score (nSPS) is 11.6. The summed E-state index contributed by atoms with van der Waals surface area (Å²) in [5, 5.41) is 0. The highest BCUT2D eigenvalue weighted by molar-refractivity contribution is 7.91. The molecule has 0 fully saturated rings. The molecule has 0 aliphatic rings. The molecule has 0 saturated heterocycles. The summed E-state index contributed by atoms with van der Waals surface area (Å²) >= 11 is 0. The second kappa shape index (κ2) is 17.0. The molecule has 4 aromatic carbocycles. The number of sulfone groups is 2. The van der Waals surface area contributed by atoms with Crippen molar-refractivity contribution in [3.8, 4) is 23.0 Å². The molecule has 0 aromatic heterocycles. The lowest BCUT2D eigenvalue weighted by molar-refractivity contribution is 0.0273. The summed E-state index contributed by atoms with van der Waals surface area (Å²) in [7, 11) is -7.30. The van der Waals surface area contributed by atoms with Gasteiger partial charge in [-0.2, -0.15) is 0 Å². The maximum atomic E-state index is 12.9. The lowest BCUT2D eigenvalue weighted by Crippen LogP contribution is -2.13. The minimum absolute atomic E-state index is 0.173. The van der Waals surface area contributed by atoms with Crippen LogP contribution in [0.4, 0.5) is 0 Å². The van der Waals surface area contributed by atoms with Crippen LogP contribution in [0.5, 0.6) is 23.0 Å². The van der Waals surface area contributed by atoms with E-state index in [2.05, 4.69) is 0 Å². The van der Waals surface area contributed by atoms with E-state index in [0.717, 1.165) is 0 Å². The van der Waals surface area contributed by atoms with Crippen molar-refractivity contribution in [1.29, 1.82) is 0 Å². The first-order valence-corrected chi connectivity index (χ1v) is 17.8. The summed E-state index contributed by atoms with van der Waals surface area (Å²) < 4.78 is 84.6. The Morgan fingerprint density at radius 3 is 0.870 bits per heavy atom. The monoisotopic (exact) mass is 670 g/mol. The Morgan fingerprint density at radius 2 is 0.609 bits per heavy atom. The third-order valence-corrected chi connectivity index (χ3v) is 10.1. The molecule has 0 aliphatic carbocycles. The second-order valence-corrected chi connectivity index (χ2v) is 13.6. The molecular formula is C34H38O10S2. The highest BCUT2D eigenvalue weighted by Crippen LogP contribution is 2.26. The highest BCUT2D eigenvalue weighted by Gasteiger charge is 2.19. The molecule has 4 rings (SSSR count). The molecule has 46 heavy (non-hydrogen) atoms. The van der Waals surface area contributed by atoms with E-state index in [1.54, 1.807) is 48.5 Å². The number of hydrogen-bond donors (Lipinski definition) is 0. The summed E-state index contributed by atoms with van der Waals surface area (Å²) in [6.45, 7) is 6.71. The van der Waals surface area contributed by atoms with Gasteiger partial charge in [-0.1, -0.05) is 0 Å². The van der Waals surface area contributed by atoms with Crippen LogP contribution in [0.15, 0.2) is 117 Å². The molecule has 0 spiro atoms. The molecule has 12 heteroatoms. The summed E-state index contributed by atoms with van der Waals surface area (Å²) in [4.78, 5) is 0.725. The fourth-order valence-electron chi connectivity index (χ4n) is 4.22. The average molecular weight is 671 g/mol. The molecule has 0 heterocycles. The van der Waals surface area contributed by atoms with Gasteiger partial charge in [0.2, 0.25) is 19.7 Å². The third-order valence-electron chi connectivity index (χ3n) is 6.52. The molecule has 0 radical (unpaired) electrons. The molecule has 10 nitrogen and oxygen atoms in total. The van der Waals surface area contributed by atoms with Crippen LogP contribution in [0.25, 0.3) is 0 Å². The topological polar surface area (TPSA) is 124 Å². The Morgan fingerprint density at radius 1 is 0.370 bits per heavy atom. The summed E-state index contributed by atoms with van der Waals surface area (Å²) in [5.74, 6) is 2.30. The fraction of sp³-hybridized carbons (Fsp3) is 0.294. The molecule has 0 bridgehead atoms. The van der Waals surface area contributed by atoms with Gasteiger partial charge in [0.1, 0.15) is 36.2 Å². The first-order valence-electron chi connectivity index (χ1n) is 14.8. The lowest BCUT2D eigenvalue weighted by atomic mass is 10.3. The summed E-state index contributed by atoms with van der Waals surface area (Å²) in [5.41, 5.74) is 0. The molecule has 0 N–H and O–H groups in total. The zero-order chi connectivity index (χ0) is 32.8. The van der Waals surface area contributed by atoms with Gasteiger partial charge >= 0.3 is 0 Å². The van der Waals surface area contributed by atoms with Crippen molar-refractivity contribution in [2.45, 2.75) is 33.4 Å². The van der Waals surface area contributed by atoms with E-state index < -0.39 is 19.7 Å². The van der Waals surface area contributed by atoms with E-state index in [9.17, 15) is 16.8 Å². The van der Waals surface area contributed by atoms with E-state index in [1.165, 1.54) is 48.5 Å². The minimum atomic E-state index is -3.65. The van der Waals surface area contributed by atoms with Gasteiger partial charge < -0.3 is 28.4 Å². The van der Waals surface area contributed by atoms with Crippen molar-refractivity contribution in [2.75, 3.05) is 52.9 Å². The molecule has 0 unspecified atom stereocenters. The van der Waals surface area contributed by atoms with Gasteiger partial charge in [0.05, 0.1) is 59.2 Å². The van der Waals surface area contributed by atoms with E-state index in [4.69, 9.17) is 28.4 Å². The van der Waals surface area contributed by atoms with Gasteiger partial charge in [0, 0.05) is 0 Å². The SMILES string of the molecule is CCOc1ccc(S(=O)(=O)c2ccc(OCCOCCOCCOc3ccc(S(=O)(=O)c4ccc(OCC)cc4)cc3)cc2)cc1. The first kappa shape index (κ1) is 34.8. The Bertz CT molecular complexity index is 1570. The molecule has 0 saturated carbocycles. The maximum Gasteiger partial charge on any atom is 0.206 e. The standard InChI is InChI=1S/C34H38O10S2/c1-3-41-27-5-13-31(14-6-27)45(35,36)33-17-9-29(10-18-33)43-25-23-39-21-22-40-24-26-44-30-11-19-34(20-12-30)46(37,38)32-15-7-28(8-16-32)42-4-2/h5-20H,3-4,21-26H2,1-2H3. The third kappa shape index (κ3) is 9.70. The average Bonchev–Trinajstić information content (AvgIpc) is 3.07. The van der Waals surface area contributed by atoms with Crippen molar-refractivity contribution >= 4 is 19.7 Å². The smallest absolute Gasteiger partial charge is 0.206 e. The van der Waals surface area contributed by atoms with Crippen molar-refractivity contribution in [1.82, 2.24) is 0 Å². The Balaban J connectivity index is 1.08.